The van der Waals surface area contributed by atoms with Gasteiger partial charge in [0.25, 0.3) is 5.56 Å². The quantitative estimate of drug-likeness (QED) is 0.212. The van der Waals surface area contributed by atoms with Crippen LogP contribution in [0.25, 0.3) is 0 Å². The summed E-state index contributed by atoms with van der Waals surface area (Å²) < 4.78 is 63.6. The number of benzene rings is 3. The van der Waals surface area contributed by atoms with Gasteiger partial charge in [0.2, 0.25) is 0 Å². The van der Waals surface area contributed by atoms with Gasteiger partial charge in [-0.25, -0.2) is 14.0 Å². The van der Waals surface area contributed by atoms with Gasteiger partial charge in [0.1, 0.15) is 11.5 Å². The van der Waals surface area contributed by atoms with Gasteiger partial charge in [-0.2, -0.15) is 13.2 Å². The highest BCUT2D eigenvalue weighted by atomic mass is 19.4. The van der Waals surface area contributed by atoms with Gasteiger partial charge in [0.15, 0.2) is 0 Å². The summed E-state index contributed by atoms with van der Waals surface area (Å²) in [6.45, 7) is 2.56. The van der Waals surface area contributed by atoms with Gasteiger partial charge < -0.3 is 15.4 Å². The minimum atomic E-state index is -4.87. The van der Waals surface area contributed by atoms with Crippen LogP contribution in [0.4, 0.5) is 23.2 Å². The van der Waals surface area contributed by atoms with Crippen molar-refractivity contribution in [3.63, 3.8) is 0 Å². The van der Waals surface area contributed by atoms with Crippen LogP contribution in [0.3, 0.4) is 0 Å². The number of ether oxygens (including phenoxy) is 1. The third-order valence-electron chi connectivity index (χ3n) is 8.51. The third-order valence-corrected chi connectivity index (χ3v) is 8.51. The van der Waals surface area contributed by atoms with E-state index < -0.39 is 52.9 Å². The van der Waals surface area contributed by atoms with E-state index in [9.17, 15) is 31.9 Å². The molecule has 0 bridgehead atoms. The number of piperazine rings is 1. The zero-order valence-electron chi connectivity index (χ0n) is 26.0. The second kappa shape index (κ2) is 13.9. The first-order chi connectivity index (χ1) is 22.4. The molecule has 1 atom stereocenters. The fourth-order valence-corrected chi connectivity index (χ4v) is 5.98. The molecule has 47 heavy (non-hydrogen) atoms. The predicted molar refractivity (Wildman–Crippen MR) is 169 cm³/mol. The summed E-state index contributed by atoms with van der Waals surface area (Å²) in [6.07, 6.45) is -4.87. The Balaban J connectivity index is 1.52. The number of methoxy groups -OCH3 is 1. The molecule has 1 aliphatic rings. The smallest absolute Gasteiger partial charge is 0.416 e. The summed E-state index contributed by atoms with van der Waals surface area (Å²) in [5.41, 5.74) is 5.09. The number of alkyl halides is 3. The van der Waals surface area contributed by atoms with Crippen molar-refractivity contribution in [2.75, 3.05) is 38.2 Å². The molecular weight excluding hydrogens is 618 g/mol. The molecule has 0 amide bonds. The zero-order chi connectivity index (χ0) is 33.9. The highest BCUT2D eigenvalue weighted by Crippen LogP contribution is 2.33. The lowest BCUT2D eigenvalue weighted by atomic mass is 10.1. The van der Waals surface area contributed by atoms with Gasteiger partial charge >= 0.3 is 17.8 Å². The number of hydrogen-bond donors (Lipinski definition) is 1. The van der Waals surface area contributed by atoms with Crippen LogP contribution < -0.4 is 21.9 Å². The Kier molecular flexibility index (Phi) is 9.96. The van der Waals surface area contributed by atoms with E-state index in [4.69, 9.17) is 10.5 Å². The average molecular weight is 654 g/mol. The number of halogens is 4. The lowest BCUT2D eigenvalue weighted by Gasteiger charge is -2.37. The van der Waals surface area contributed by atoms with E-state index in [-0.39, 0.29) is 17.9 Å². The first-order valence-electron chi connectivity index (χ1n) is 15.0. The number of esters is 1. The molecule has 4 aromatic rings. The molecule has 1 saturated heterocycles. The van der Waals surface area contributed by atoms with Crippen molar-refractivity contribution in [3.8, 4) is 0 Å². The first-order valence-corrected chi connectivity index (χ1v) is 15.0. The van der Waals surface area contributed by atoms with Crippen molar-refractivity contribution in [2.24, 2.45) is 5.73 Å². The van der Waals surface area contributed by atoms with Crippen LogP contribution in [0.1, 0.15) is 44.3 Å². The Morgan fingerprint density at radius 1 is 0.894 bits per heavy atom. The molecular formula is C34H35F4N5O4. The third kappa shape index (κ3) is 7.15. The van der Waals surface area contributed by atoms with Crippen molar-refractivity contribution in [1.82, 2.24) is 14.0 Å². The molecule has 13 heteroatoms. The van der Waals surface area contributed by atoms with Gasteiger partial charge in [-0.1, -0.05) is 54.6 Å². The maximum absolute atomic E-state index is 15.0. The van der Waals surface area contributed by atoms with Crippen molar-refractivity contribution in [1.29, 1.82) is 0 Å². The van der Waals surface area contributed by atoms with Gasteiger partial charge in [0.05, 0.1) is 31.3 Å². The Bertz CT molecular complexity index is 1870. The van der Waals surface area contributed by atoms with Crippen LogP contribution >= 0.6 is 0 Å². The highest BCUT2D eigenvalue weighted by molar-refractivity contribution is 5.90. The summed E-state index contributed by atoms with van der Waals surface area (Å²) in [5, 5.41) is 0. The monoisotopic (exact) mass is 653 g/mol. The maximum atomic E-state index is 15.0. The van der Waals surface area contributed by atoms with Crippen molar-refractivity contribution < 1.29 is 27.1 Å². The van der Waals surface area contributed by atoms with E-state index >= 15 is 0 Å². The van der Waals surface area contributed by atoms with Gasteiger partial charge in [-0.05, 0) is 36.2 Å². The number of nitrogens with zero attached hydrogens (tertiary/aromatic N) is 4. The topological polar surface area (TPSA) is 103 Å². The molecule has 2 heterocycles. The van der Waals surface area contributed by atoms with Crippen molar-refractivity contribution >= 4 is 11.7 Å². The Morgan fingerprint density at radius 3 is 2.21 bits per heavy atom. The van der Waals surface area contributed by atoms with E-state index in [1.54, 1.807) is 47.4 Å². The number of aromatic nitrogens is 2. The van der Waals surface area contributed by atoms with Crippen LogP contribution in [0.15, 0.2) is 82.4 Å². The normalized spacial score (nSPS) is 14.7. The molecule has 2 N–H and O–H groups in total. The molecule has 1 fully saturated rings. The molecule has 0 saturated carbocycles. The summed E-state index contributed by atoms with van der Waals surface area (Å²) in [7, 11) is 1.31. The summed E-state index contributed by atoms with van der Waals surface area (Å²) in [5.74, 6) is -1.57. The van der Waals surface area contributed by atoms with Crippen LogP contribution in [0.2, 0.25) is 0 Å². The van der Waals surface area contributed by atoms with Crippen LogP contribution in [-0.2, 0) is 30.5 Å². The number of hydrogen-bond acceptors (Lipinski definition) is 7. The molecule has 0 unspecified atom stereocenters. The Labute approximate surface area is 268 Å². The minimum absolute atomic E-state index is 0.116. The molecule has 1 aromatic heterocycles. The Hall–Kier alpha value is -4.75. The second-order valence-corrected chi connectivity index (χ2v) is 11.4. The van der Waals surface area contributed by atoms with Gasteiger partial charge in [0, 0.05) is 50.0 Å². The van der Waals surface area contributed by atoms with E-state index in [0.29, 0.717) is 43.9 Å². The lowest BCUT2D eigenvalue weighted by molar-refractivity contribution is -0.138. The van der Waals surface area contributed by atoms with Crippen LogP contribution in [-0.4, -0.2) is 53.3 Å². The fourth-order valence-electron chi connectivity index (χ4n) is 5.98. The highest BCUT2D eigenvalue weighted by Gasteiger charge is 2.35. The van der Waals surface area contributed by atoms with E-state index in [1.807, 2.05) is 12.1 Å². The SMILES string of the molecule is COC(=O)c1ccccc1CN1CCN(c2c(C)n(Cc3c(F)cccc3C(F)(F)F)c(=O)n(C[C@@H](N)c3ccccc3)c2=O)CC1. The first kappa shape index (κ1) is 33.6. The molecule has 3 aromatic carbocycles. The standard InChI is InChI=1S/C34H35F4N5O4/c1-22-30(41-17-15-40(16-18-41)19-24-11-6-7-12-25(24)32(45)47-2)31(44)43(21-29(39)23-9-4-3-5-10-23)33(46)42(22)20-26-27(34(36,37)38)13-8-14-28(26)35/h3-14,29H,15-21,39H2,1-2H3/t29-/m1/s1. The van der Waals surface area contributed by atoms with Gasteiger partial charge in [-0.15, -0.1) is 0 Å². The van der Waals surface area contributed by atoms with Crippen LogP contribution in [0.5, 0.6) is 0 Å². The van der Waals surface area contributed by atoms with E-state index in [2.05, 4.69) is 4.90 Å². The Morgan fingerprint density at radius 2 is 1.55 bits per heavy atom. The van der Waals surface area contributed by atoms with E-state index in [1.165, 1.54) is 14.0 Å². The number of carbonyl (C=O) groups excluding carboxylic acids is 1. The number of nitrogens with two attached hydrogens (primary N) is 1. The number of carbonyl (C=O) groups is 1. The molecule has 248 valence electrons. The molecule has 5 rings (SSSR count). The van der Waals surface area contributed by atoms with Crippen molar-refractivity contribution in [2.45, 2.75) is 38.8 Å². The summed E-state index contributed by atoms with van der Waals surface area (Å²) >= 11 is 0. The van der Waals surface area contributed by atoms with E-state index in [0.717, 1.165) is 32.9 Å². The predicted octanol–water partition coefficient (Wildman–Crippen LogP) is 4.33. The minimum Gasteiger partial charge on any atom is -0.465 e. The molecule has 1 aliphatic heterocycles. The molecule has 0 spiro atoms. The number of rotatable bonds is 9. The fraction of sp³-hybridized carbons (Fsp3) is 0.324. The second-order valence-electron chi connectivity index (χ2n) is 11.4. The van der Waals surface area contributed by atoms with Crippen LogP contribution in [0, 0.1) is 12.7 Å². The average Bonchev–Trinajstić information content (AvgIpc) is 3.06. The lowest BCUT2D eigenvalue weighted by Crippen LogP contribution is -2.51. The summed E-state index contributed by atoms with van der Waals surface area (Å²) in [6, 6.07) is 17.8. The molecule has 9 nitrogen and oxygen atoms in total. The van der Waals surface area contributed by atoms with Crippen molar-refractivity contribution in [3.05, 3.63) is 133 Å². The number of anilines is 1. The maximum Gasteiger partial charge on any atom is 0.416 e. The molecule has 0 radical (unpaired) electrons. The summed E-state index contributed by atoms with van der Waals surface area (Å²) in [4.78, 5) is 44.0. The van der Waals surface area contributed by atoms with Gasteiger partial charge in [-0.3, -0.25) is 18.8 Å². The zero-order valence-corrected chi connectivity index (χ0v) is 26.0. The molecule has 0 aliphatic carbocycles. The largest absolute Gasteiger partial charge is 0.465 e.